The van der Waals surface area contributed by atoms with Crippen molar-refractivity contribution in [2.75, 3.05) is 24.3 Å². The van der Waals surface area contributed by atoms with Crippen LogP contribution < -0.4 is 25.4 Å². The maximum absolute atomic E-state index is 12.5. The predicted molar refractivity (Wildman–Crippen MR) is 134 cm³/mol. The number of nitrogens with zero attached hydrogens (tertiary/aromatic N) is 3. The Bertz CT molecular complexity index is 1360. The van der Waals surface area contributed by atoms with E-state index in [-0.39, 0.29) is 11.9 Å². The molecule has 5 rings (SSSR count). The number of halogens is 1. The van der Waals surface area contributed by atoms with Crippen molar-refractivity contribution in [1.82, 2.24) is 20.3 Å². The summed E-state index contributed by atoms with van der Waals surface area (Å²) in [7, 11) is 1.55. The van der Waals surface area contributed by atoms with Crippen molar-refractivity contribution in [2.45, 2.75) is 19.1 Å². The molecule has 178 valence electrons. The van der Waals surface area contributed by atoms with Crippen molar-refractivity contribution in [1.29, 1.82) is 0 Å². The molecule has 1 amide bonds. The third kappa shape index (κ3) is 5.11. The molecule has 0 radical (unpaired) electrons. The number of hydrogen-bond acceptors (Lipinski definition) is 8. The fourth-order valence-corrected chi connectivity index (χ4v) is 3.89. The van der Waals surface area contributed by atoms with E-state index in [1.54, 1.807) is 37.6 Å². The van der Waals surface area contributed by atoms with Gasteiger partial charge in [-0.2, -0.15) is 0 Å². The molecule has 0 spiro atoms. The molecular weight excluding hydrogens is 468 g/mol. The van der Waals surface area contributed by atoms with Crippen LogP contribution >= 0.6 is 11.6 Å². The van der Waals surface area contributed by atoms with Crippen LogP contribution in [0, 0.1) is 0 Å². The summed E-state index contributed by atoms with van der Waals surface area (Å²) in [5, 5.41) is 10.5. The van der Waals surface area contributed by atoms with Gasteiger partial charge in [-0.15, -0.1) is 0 Å². The lowest BCUT2D eigenvalue weighted by Crippen LogP contribution is -2.50. The molecule has 1 fully saturated rings. The number of pyridine rings is 1. The highest BCUT2D eigenvalue weighted by Gasteiger charge is 2.25. The molecule has 2 aromatic heterocycles. The summed E-state index contributed by atoms with van der Waals surface area (Å²) in [6.45, 7) is 1.15. The lowest BCUT2D eigenvalue weighted by molar-refractivity contribution is -0.119. The van der Waals surface area contributed by atoms with Gasteiger partial charge in [0, 0.05) is 23.3 Å². The van der Waals surface area contributed by atoms with Gasteiger partial charge >= 0.3 is 0 Å². The summed E-state index contributed by atoms with van der Waals surface area (Å²) in [5.74, 6) is 1.53. The highest BCUT2D eigenvalue weighted by molar-refractivity contribution is 6.32. The van der Waals surface area contributed by atoms with Crippen molar-refractivity contribution < 1.29 is 14.3 Å². The largest absolute Gasteiger partial charge is 0.494 e. The third-order valence-corrected chi connectivity index (χ3v) is 5.95. The van der Waals surface area contributed by atoms with Gasteiger partial charge in [-0.3, -0.25) is 9.78 Å². The number of hydrogen-bond donors (Lipinski definition) is 3. The highest BCUT2D eigenvalue weighted by atomic mass is 35.5. The van der Waals surface area contributed by atoms with Crippen LogP contribution in [0.4, 0.5) is 17.2 Å². The molecule has 1 aliphatic heterocycles. The van der Waals surface area contributed by atoms with Gasteiger partial charge < -0.3 is 25.4 Å². The van der Waals surface area contributed by atoms with Crippen LogP contribution in [-0.4, -0.2) is 40.6 Å². The molecular formula is C25H23ClN6O3. The van der Waals surface area contributed by atoms with Gasteiger partial charge in [-0.1, -0.05) is 17.7 Å². The average molecular weight is 491 g/mol. The maximum Gasteiger partial charge on any atom is 0.241 e. The van der Waals surface area contributed by atoms with E-state index in [1.165, 1.54) is 6.33 Å². The quantitative estimate of drug-likeness (QED) is 0.335. The Hall–Kier alpha value is -3.95. The van der Waals surface area contributed by atoms with E-state index < -0.39 is 0 Å². The monoisotopic (exact) mass is 490 g/mol. The molecule has 9 nitrogen and oxygen atoms in total. The smallest absolute Gasteiger partial charge is 0.241 e. The minimum absolute atomic E-state index is 0.103. The molecule has 4 aromatic rings. The maximum atomic E-state index is 12.5. The Morgan fingerprint density at radius 3 is 2.74 bits per heavy atom. The molecule has 1 aliphatic rings. The molecule has 3 heterocycles. The standard InChI is InChI=1S/C25H23ClN6O3/c1-34-23-12-20-17(11-21(23)32-25(33)19-7-9-28-19)24(30-14-29-20)31-15-5-6-22(18(26)10-15)35-13-16-4-2-3-8-27-16/h2-6,8,10-12,14,19,28H,7,9,13H2,1H3,(H,32,33)(H,29,30,31)/t19-/m0/s1. The molecule has 35 heavy (non-hydrogen) atoms. The Kier molecular flexibility index (Phi) is 6.60. The number of carbonyl (C=O) groups excluding carboxylic acids is 1. The molecule has 10 heteroatoms. The van der Waals surface area contributed by atoms with Crippen molar-refractivity contribution >= 4 is 45.6 Å². The second kappa shape index (κ2) is 10.1. The first-order valence-corrected chi connectivity index (χ1v) is 11.4. The van der Waals surface area contributed by atoms with E-state index in [0.717, 1.165) is 29.7 Å². The summed E-state index contributed by atoms with van der Waals surface area (Å²) in [4.78, 5) is 25.5. The van der Waals surface area contributed by atoms with Crippen LogP contribution in [0.15, 0.2) is 61.1 Å². The number of aromatic nitrogens is 3. The van der Waals surface area contributed by atoms with Crippen molar-refractivity contribution in [3.05, 3.63) is 71.8 Å². The number of carbonyl (C=O) groups is 1. The number of fused-ring (bicyclic) bond motifs is 1. The molecule has 0 unspecified atom stereocenters. The van der Waals surface area contributed by atoms with Crippen molar-refractivity contribution in [3.63, 3.8) is 0 Å². The minimum atomic E-state index is -0.194. The van der Waals surface area contributed by atoms with Crippen LogP contribution in [-0.2, 0) is 11.4 Å². The molecule has 0 aliphatic carbocycles. The van der Waals surface area contributed by atoms with Crippen LogP contribution in [0.3, 0.4) is 0 Å². The Labute approximate surface area is 206 Å². The summed E-state index contributed by atoms with van der Waals surface area (Å²) < 4.78 is 11.3. The molecule has 2 aromatic carbocycles. The van der Waals surface area contributed by atoms with E-state index in [2.05, 4.69) is 30.9 Å². The van der Waals surface area contributed by atoms with Crippen molar-refractivity contribution in [3.8, 4) is 11.5 Å². The van der Waals surface area contributed by atoms with Gasteiger partial charge in [0.05, 0.1) is 35.1 Å². The molecule has 3 N–H and O–H groups in total. The Morgan fingerprint density at radius 1 is 1.14 bits per heavy atom. The molecule has 0 saturated carbocycles. The topological polar surface area (TPSA) is 110 Å². The number of anilines is 3. The molecule has 1 atom stereocenters. The zero-order valence-corrected chi connectivity index (χ0v) is 19.7. The number of nitrogens with one attached hydrogen (secondary N) is 3. The van der Waals surface area contributed by atoms with Gasteiger partial charge in [0.25, 0.3) is 0 Å². The lowest BCUT2D eigenvalue weighted by Gasteiger charge is -2.26. The van der Waals surface area contributed by atoms with Crippen LogP contribution in [0.5, 0.6) is 11.5 Å². The zero-order chi connectivity index (χ0) is 24.2. The third-order valence-electron chi connectivity index (χ3n) is 5.65. The average Bonchev–Trinajstić information content (AvgIpc) is 2.83. The van der Waals surface area contributed by atoms with Gasteiger partial charge in [0.15, 0.2) is 0 Å². The molecule has 1 saturated heterocycles. The van der Waals surface area contributed by atoms with E-state index in [0.29, 0.717) is 40.2 Å². The van der Waals surface area contributed by atoms with E-state index >= 15 is 0 Å². The van der Waals surface area contributed by atoms with E-state index in [1.807, 2.05) is 24.3 Å². The van der Waals surface area contributed by atoms with Gasteiger partial charge in [0.1, 0.15) is 30.3 Å². The molecule has 0 bridgehead atoms. The highest BCUT2D eigenvalue weighted by Crippen LogP contribution is 2.35. The van der Waals surface area contributed by atoms with Crippen molar-refractivity contribution in [2.24, 2.45) is 0 Å². The minimum Gasteiger partial charge on any atom is -0.494 e. The van der Waals surface area contributed by atoms with Gasteiger partial charge in [-0.25, -0.2) is 9.97 Å². The Balaban J connectivity index is 1.37. The first kappa shape index (κ1) is 22.8. The number of methoxy groups -OCH3 is 1. The first-order chi connectivity index (χ1) is 17.1. The second-order valence-corrected chi connectivity index (χ2v) is 8.36. The summed E-state index contributed by atoms with van der Waals surface area (Å²) >= 11 is 6.46. The van der Waals surface area contributed by atoms with Crippen LogP contribution in [0.2, 0.25) is 5.02 Å². The van der Waals surface area contributed by atoms with Crippen LogP contribution in [0.1, 0.15) is 12.1 Å². The predicted octanol–water partition coefficient (Wildman–Crippen LogP) is 4.31. The first-order valence-electron chi connectivity index (χ1n) is 11.1. The number of ether oxygens (including phenoxy) is 2. The SMILES string of the molecule is COc1cc2ncnc(Nc3ccc(OCc4ccccn4)c(Cl)c3)c2cc1NC(=O)[C@@H]1CCN1. The fraction of sp³-hybridized carbons (Fsp3) is 0.200. The summed E-state index contributed by atoms with van der Waals surface area (Å²) in [6.07, 6.45) is 3.99. The summed E-state index contributed by atoms with van der Waals surface area (Å²) in [6, 6.07) is 14.4. The van der Waals surface area contributed by atoms with Crippen LogP contribution in [0.25, 0.3) is 10.9 Å². The second-order valence-electron chi connectivity index (χ2n) is 7.96. The lowest BCUT2D eigenvalue weighted by atomic mass is 10.1. The fourth-order valence-electron chi connectivity index (χ4n) is 3.65. The van der Waals surface area contributed by atoms with E-state index in [9.17, 15) is 4.79 Å². The normalized spacial score (nSPS) is 14.7. The summed E-state index contributed by atoms with van der Waals surface area (Å²) in [5.41, 5.74) is 2.75. The number of benzene rings is 2. The number of rotatable bonds is 8. The number of amides is 1. The van der Waals surface area contributed by atoms with E-state index in [4.69, 9.17) is 21.1 Å². The van der Waals surface area contributed by atoms with Gasteiger partial charge in [0.2, 0.25) is 5.91 Å². The Morgan fingerprint density at radius 2 is 2.03 bits per heavy atom. The zero-order valence-electron chi connectivity index (χ0n) is 18.9. The van der Waals surface area contributed by atoms with Gasteiger partial charge in [-0.05, 0) is 49.4 Å².